The zero-order valence-electron chi connectivity index (χ0n) is 13.9. The summed E-state index contributed by atoms with van der Waals surface area (Å²) < 4.78 is 4.60. The number of aliphatic carboxylic acids is 1. The van der Waals surface area contributed by atoms with Crippen LogP contribution in [0.1, 0.15) is 52.4 Å². The molecule has 3 aliphatic rings. The molecule has 124 valence electrons. The van der Waals surface area contributed by atoms with Crippen LogP contribution in [0, 0.1) is 29.1 Å². The predicted octanol–water partition coefficient (Wildman–Crippen LogP) is 3.66. The van der Waals surface area contributed by atoms with E-state index in [9.17, 15) is 14.7 Å². The number of allylic oxidation sites excluding steroid dienone is 2. The highest BCUT2D eigenvalue weighted by molar-refractivity contribution is 5.71. The summed E-state index contributed by atoms with van der Waals surface area (Å²) in [5, 5.41) is 9.59. The fourth-order valence-corrected chi connectivity index (χ4v) is 4.38. The van der Waals surface area contributed by atoms with Crippen LogP contribution in [0.4, 0.5) is 0 Å². The molecule has 0 aromatic heterocycles. The lowest BCUT2D eigenvalue weighted by atomic mass is 9.43. The molecule has 0 aliphatic heterocycles. The minimum Gasteiger partial charge on any atom is -0.481 e. The number of hydrogen-bond donors (Lipinski definition) is 1. The molecule has 4 unspecified atom stereocenters. The summed E-state index contributed by atoms with van der Waals surface area (Å²) in [5.74, 6) is 0.299. The van der Waals surface area contributed by atoms with Crippen LogP contribution in [0.5, 0.6) is 0 Å². The average molecular weight is 308 g/mol. The van der Waals surface area contributed by atoms with Crippen molar-refractivity contribution in [2.24, 2.45) is 29.1 Å². The second-order valence-corrected chi connectivity index (χ2v) is 7.40. The van der Waals surface area contributed by atoms with Gasteiger partial charge in [0.05, 0.1) is 13.0 Å². The zero-order valence-corrected chi connectivity index (χ0v) is 13.9. The number of carboxylic acids is 1. The van der Waals surface area contributed by atoms with E-state index in [2.05, 4.69) is 30.7 Å². The van der Waals surface area contributed by atoms with E-state index >= 15 is 0 Å². The maximum Gasteiger partial charge on any atom is 0.307 e. The number of fused-ring (bicyclic) bond motifs is 2. The first-order chi connectivity index (χ1) is 10.4. The van der Waals surface area contributed by atoms with Gasteiger partial charge in [-0.25, -0.2) is 0 Å². The fraction of sp³-hybridized carbons (Fsp3) is 0.778. The van der Waals surface area contributed by atoms with Gasteiger partial charge in [-0.3, -0.25) is 9.59 Å². The van der Waals surface area contributed by atoms with Crippen LogP contribution >= 0.6 is 0 Å². The average Bonchev–Trinajstić information content (AvgIpc) is 2.49. The smallest absolute Gasteiger partial charge is 0.307 e. The first-order valence-corrected chi connectivity index (χ1v) is 8.32. The molecule has 3 aliphatic carbocycles. The molecule has 0 spiro atoms. The standard InChI is InChI=1S/C18H28O4/c1-18(2)13-10-12(16(17(20)21)14(18)11-13)8-6-4-5-7-9-15(19)22-3/h4,6,12-14,16H,5,7-11H2,1-3H3,(H,20,21)/b6-4-. The van der Waals surface area contributed by atoms with Gasteiger partial charge in [0.1, 0.15) is 0 Å². The van der Waals surface area contributed by atoms with Gasteiger partial charge >= 0.3 is 11.9 Å². The van der Waals surface area contributed by atoms with Gasteiger partial charge in [0.2, 0.25) is 0 Å². The van der Waals surface area contributed by atoms with Crippen molar-refractivity contribution < 1.29 is 19.4 Å². The Bertz CT molecular complexity index is 452. The van der Waals surface area contributed by atoms with Crippen molar-refractivity contribution in [1.29, 1.82) is 0 Å². The minimum atomic E-state index is -0.625. The van der Waals surface area contributed by atoms with Crippen molar-refractivity contribution in [2.75, 3.05) is 7.11 Å². The Morgan fingerprint density at radius 3 is 2.59 bits per heavy atom. The summed E-state index contributed by atoms with van der Waals surface area (Å²) in [6.45, 7) is 4.45. The van der Waals surface area contributed by atoms with Crippen LogP contribution in [0.3, 0.4) is 0 Å². The Morgan fingerprint density at radius 2 is 2.00 bits per heavy atom. The Balaban J connectivity index is 1.80. The highest BCUT2D eigenvalue weighted by atomic mass is 16.5. The molecule has 3 saturated carbocycles. The summed E-state index contributed by atoms with van der Waals surface area (Å²) in [5.41, 5.74) is 0.198. The normalized spacial score (nSPS) is 32.5. The number of carbonyl (C=O) groups excluding carboxylic acids is 1. The van der Waals surface area contributed by atoms with E-state index in [1.54, 1.807) is 0 Å². The lowest BCUT2D eigenvalue weighted by Crippen LogP contribution is -2.57. The molecule has 0 heterocycles. The third-order valence-electron chi connectivity index (χ3n) is 5.94. The second-order valence-electron chi connectivity index (χ2n) is 7.40. The number of hydrogen-bond acceptors (Lipinski definition) is 3. The van der Waals surface area contributed by atoms with Crippen molar-refractivity contribution in [2.45, 2.75) is 52.4 Å². The molecule has 4 nitrogen and oxygen atoms in total. The predicted molar refractivity (Wildman–Crippen MR) is 84.2 cm³/mol. The quantitative estimate of drug-likeness (QED) is 0.443. The molecule has 2 bridgehead atoms. The number of ether oxygens (including phenoxy) is 1. The lowest BCUT2D eigenvalue weighted by molar-refractivity contribution is -0.175. The van der Waals surface area contributed by atoms with Gasteiger partial charge < -0.3 is 9.84 Å². The Kier molecular flexibility index (Phi) is 5.30. The van der Waals surface area contributed by atoms with Gasteiger partial charge in [-0.05, 0) is 55.3 Å². The Morgan fingerprint density at radius 1 is 1.27 bits per heavy atom. The summed E-state index contributed by atoms with van der Waals surface area (Å²) in [4.78, 5) is 22.7. The van der Waals surface area contributed by atoms with Crippen LogP contribution in [-0.2, 0) is 14.3 Å². The topological polar surface area (TPSA) is 63.6 Å². The summed E-state index contributed by atoms with van der Waals surface area (Å²) in [6, 6.07) is 0. The maximum atomic E-state index is 11.7. The van der Waals surface area contributed by atoms with Gasteiger partial charge in [-0.15, -0.1) is 0 Å². The molecule has 4 heteroatoms. The molecule has 0 radical (unpaired) electrons. The number of carbonyl (C=O) groups is 2. The number of unbranched alkanes of at least 4 members (excludes halogenated alkanes) is 1. The van der Waals surface area contributed by atoms with Crippen LogP contribution in [0.15, 0.2) is 12.2 Å². The number of esters is 1. The van der Waals surface area contributed by atoms with E-state index in [1.807, 2.05) is 0 Å². The molecule has 3 rings (SSSR count). The molecule has 1 N–H and O–H groups in total. The van der Waals surface area contributed by atoms with E-state index in [0.717, 1.165) is 32.1 Å². The second kappa shape index (κ2) is 6.84. The molecule has 22 heavy (non-hydrogen) atoms. The molecule has 0 saturated heterocycles. The van der Waals surface area contributed by atoms with Crippen LogP contribution in [0.2, 0.25) is 0 Å². The molecular weight excluding hydrogens is 280 g/mol. The van der Waals surface area contributed by atoms with Crippen molar-refractivity contribution in [3.63, 3.8) is 0 Å². The van der Waals surface area contributed by atoms with Crippen molar-refractivity contribution in [3.8, 4) is 0 Å². The number of rotatable bonds is 7. The zero-order chi connectivity index (χ0) is 16.3. The van der Waals surface area contributed by atoms with Gasteiger partial charge in [0, 0.05) is 6.42 Å². The molecule has 0 aromatic rings. The molecule has 0 aromatic carbocycles. The summed E-state index contributed by atoms with van der Waals surface area (Å²) in [7, 11) is 1.40. The van der Waals surface area contributed by atoms with E-state index in [-0.39, 0.29) is 23.2 Å². The minimum absolute atomic E-state index is 0.172. The SMILES string of the molecule is COC(=O)CCC/C=C\CC1CC2CC(C1C(=O)O)C2(C)C. The van der Waals surface area contributed by atoms with E-state index in [0.29, 0.717) is 18.3 Å². The molecular formula is C18H28O4. The first-order valence-electron chi connectivity index (χ1n) is 8.32. The monoisotopic (exact) mass is 308 g/mol. The van der Waals surface area contributed by atoms with Gasteiger partial charge in [0.25, 0.3) is 0 Å². The third kappa shape index (κ3) is 3.36. The van der Waals surface area contributed by atoms with Crippen molar-refractivity contribution in [3.05, 3.63) is 12.2 Å². The largest absolute Gasteiger partial charge is 0.481 e. The fourth-order valence-electron chi connectivity index (χ4n) is 4.38. The van der Waals surface area contributed by atoms with Crippen molar-refractivity contribution >= 4 is 11.9 Å². The highest BCUT2D eigenvalue weighted by Crippen LogP contribution is 2.63. The summed E-state index contributed by atoms with van der Waals surface area (Å²) >= 11 is 0. The highest BCUT2D eigenvalue weighted by Gasteiger charge is 2.59. The van der Waals surface area contributed by atoms with Gasteiger partial charge in [-0.2, -0.15) is 0 Å². The van der Waals surface area contributed by atoms with E-state index in [4.69, 9.17) is 0 Å². The van der Waals surface area contributed by atoms with Crippen LogP contribution in [0.25, 0.3) is 0 Å². The lowest BCUT2D eigenvalue weighted by Gasteiger charge is -2.61. The third-order valence-corrected chi connectivity index (χ3v) is 5.94. The molecule has 0 amide bonds. The van der Waals surface area contributed by atoms with Gasteiger partial charge in [-0.1, -0.05) is 26.0 Å². The van der Waals surface area contributed by atoms with Crippen LogP contribution < -0.4 is 0 Å². The van der Waals surface area contributed by atoms with Crippen molar-refractivity contribution in [1.82, 2.24) is 0 Å². The van der Waals surface area contributed by atoms with E-state index in [1.165, 1.54) is 7.11 Å². The number of carboxylic acid groups (broad SMARTS) is 1. The van der Waals surface area contributed by atoms with E-state index < -0.39 is 5.97 Å². The maximum absolute atomic E-state index is 11.7. The van der Waals surface area contributed by atoms with Gasteiger partial charge in [0.15, 0.2) is 0 Å². The molecule has 3 fully saturated rings. The Hall–Kier alpha value is -1.32. The number of methoxy groups -OCH3 is 1. The first kappa shape index (κ1) is 17.0. The Labute approximate surface area is 132 Å². The van der Waals surface area contributed by atoms with Crippen LogP contribution in [-0.4, -0.2) is 24.2 Å². The summed E-state index contributed by atoms with van der Waals surface area (Å²) in [6.07, 6.45) is 9.23. The molecule has 4 atom stereocenters.